The summed E-state index contributed by atoms with van der Waals surface area (Å²) < 4.78 is 0. The molecule has 0 atom stereocenters. The first-order valence-corrected chi connectivity index (χ1v) is 20.8. The van der Waals surface area contributed by atoms with Gasteiger partial charge in [-0.25, -0.2) is 0 Å². The zero-order chi connectivity index (χ0) is 39.9. The van der Waals surface area contributed by atoms with Crippen LogP contribution in [0.3, 0.4) is 0 Å². The fourth-order valence-corrected chi connectivity index (χ4v) is 10.3. The van der Waals surface area contributed by atoms with Crippen LogP contribution in [-0.4, -0.2) is 0 Å². The molecule has 9 aromatic carbocycles. The van der Waals surface area contributed by atoms with E-state index >= 15 is 0 Å². The van der Waals surface area contributed by atoms with Crippen molar-refractivity contribution < 1.29 is 0 Å². The number of fused-ring (bicyclic) bond motifs is 8. The third-order valence-electron chi connectivity index (χ3n) is 13.3. The van der Waals surface area contributed by atoms with Gasteiger partial charge in [-0.15, -0.1) is 0 Å². The topological polar surface area (TPSA) is 3.24 Å². The Balaban J connectivity index is 1.05. The lowest BCUT2D eigenvalue weighted by Gasteiger charge is -2.28. The molecule has 2 aliphatic carbocycles. The molecular weight excluding hydrogens is 711 g/mol. The van der Waals surface area contributed by atoms with E-state index < -0.39 is 0 Å². The summed E-state index contributed by atoms with van der Waals surface area (Å²) in [6, 6.07) is 74.1. The molecule has 9 aromatic rings. The van der Waals surface area contributed by atoms with Gasteiger partial charge < -0.3 is 4.90 Å². The Morgan fingerprint density at radius 1 is 0.305 bits per heavy atom. The van der Waals surface area contributed by atoms with Gasteiger partial charge in [0.05, 0.1) is 0 Å². The van der Waals surface area contributed by atoms with Crippen molar-refractivity contribution in [2.24, 2.45) is 0 Å². The smallest absolute Gasteiger partial charge is 0.0465 e. The summed E-state index contributed by atoms with van der Waals surface area (Å²) in [5, 5.41) is 2.64. The van der Waals surface area contributed by atoms with Crippen molar-refractivity contribution in [1.82, 2.24) is 0 Å². The number of hydrogen-bond donors (Lipinski definition) is 0. The molecule has 0 heterocycles. The van der Waals surface area contributed by atoms with Crippen molar-refractivity contribution >= 4 is 27.8 Å². The van der Waals surface area contributed by atoms with Crippen molar-refractivity contribution in [3.63, 3.8) is 0 Å². The Kier molecular flexibility index (Phi) is 7.94. The number of nitrogens with zero attached hydrogens (tertiary/aromatic N) is 1. The molecule has 0 saturated carbocycles. The highest BCUT2D eigenvalue weighted by atomic mass is 15.1. The van der Waals surface area contributed by atoms with Gasteiger partial charge in [-0.3, -0.25) is 0 Å². The van der Waals surface area contributed by atoms with E-state index in [9.17, 15) is 0 Å². The quantitative estimate of drug-likeness (QED) is 0.163. The van der Waals surface area contributed by atoms with E-state index in [-0.39, 0.29) is 10.8 Å². The molecule has 2 aliphatic rings. The third-order valence-corrected chi connectivity index (χ3v) is 13.3. The molecule has 1 heteroatoms. The molecule has 0 amide bonds. The number of benzene rings is 9. The van der Waals surface area contributed by atoms with Gasteiger partial charge in [0, 0.05) is 27.9 Å². The summed E-state index contributed by atoms with van der Waals surface area (Å²) >= 11 is 0. The fraction of sp³-hybridized carbons (Fsp3) is 0.103. The van der Waals surface area contributed by atoms with Gasteiger partial charge in [0.2, 0.25) is 0 Å². The maximum absolute atomic E-state index is 2.47. The van der Waals surface area contributed by atoms with Gasteiger partial charge in [-0.1, -0.05) is 185 Å². The second kappa shape index (κ2) is 13.3. The van der Waals surface area contributed by atoms with Crippen LogP contribution in [0.4, 0.5) is 17.1 Å². The van der Waals surface area contributed by atoms with Gasteiger partial charge in [0.25, 0.3) is 0 Å². The maximum atomic E-state index is 2.47. The lowest BCUT2D eigenvalue weighted by atomic mass is 9.79. The molecule has 0 aliphatic heterocycles. The van der Waals surface area contributed by atoms with Gasteiger partial charge in [0.15, 0.2) is 0 Å². The monoisotopic (exact) mass is 755 g/mol. The van der Waals surface area contributed by atoms with Crippen LogP contribution in [0.2, 0.25) is 0 Å². The first kappa shape index (κ1) is 35.2. The molecule has 0 aromatic heterocycles. The summed E-state index contributed by atoms with van der Waals surface area (Å²) in [5.74, 6) is 0. The summed E-state index contributed by atoms with van der Waals surface area (Å²) in [6.07, 6.45) is 0. The van der Waals surface area contributed by atoms with Crippen LogP contribution >= 0.6 is 0 Å². The Labute approximate surface area is 347 Å². The van der Waals surface area contributed by atoms with E-state index in [0.717, 1.165) is 17.1 Å². The molecule has 11 rings (SSSR count). The summed E-state index contributed by atoms with van der Waals surface area (Å²) in [4.78, 5) is 2.42. The molecule has 0 saturated heterocycles. The third kappa shape index (κ3) is 5.45. The van der Waals surface area contributed by atoms with Crippen LogP contribution in [-0.2, 0) is 10.8 Å². The standard InChI is InChI=1S/C58H45N/c1-57(2)52-24-14-13-21-47(52)48-35-34-44(36-54(48)57)59(42-30-26-39(27-31-42)38-16-7-5-8-17-38)43-32-28-41(29-33-43)45-23-15-25-53-55(45)51-37-50(40-18-9-6-10-19-40)46-20-11-12-22-49(46)56(51)58(53,3)4/h5-37H,1-4H3. The summed E-state index contributed by atoms with van der Waals surface area (Å²) in [6.45, 7) is 9.52. The second-order valence-electron chi connectivity index (χ2n) is 17.3. The van der Waals surface area contributed by atoms with Crippen molar-refractivity contribution in [3.8, 4) is 55.6 Å². The van der Waals surface area contributed by atoms with E-state index in [1.165, 1.54) is 88.7 Å². The number of hydrogen-bond acceptors (Lipinski definition) is 1. The van der Waals surface area contributed by atoms with Crippen LogP contribution in [0.1, 0.15) is 49.9 Å². The van der Waals surface area contributed by atoms with Gasteiger partial charge in [0.1, 0.15) is 0 Å². The first-order valence-electron chi connectivity index (χ1n) is 20.8. The van der Waals surface area contributed by atoms with Crippen LogP contribution in [0.5, 0.6) is 0 Å². The van der Waals surface area contributed by atoms with Crippen molar-refractivity contribution in [2.75, 3.05) is 4.90 Å². The molecule has 0 fully saturated rings. The first-order chi connectivity index (χ1) is 28.8. The summed E-state index contributed by atoms with van der Waals surface area (Å²) in [5.41, 5.74) is 21.5. The lowest BCUT2D eigenvalue weighted by molar-refractivity contribution is 0.660. The Hall–Kier alpha value is -6.96. The second-order valence-corrected chi connectivity index (χ2v) is 17.3. The normalized spacial score (nSPS) is 14.0. The molecule has 0 N–H and O–H groups in total. The van der Waals surface area contributed by atoms with Gasteiger partial charge >= 0.3 is 0 Å². The van der Waals surface area contributed by atoms with Crippen LogP contribution in [0, 0.1) is 0 Å². The molecule has 0 radical (unpaired) electrons. The average molecular weight is 756 g/mol. The average Bonchev–Trinajstić information content (AvgIpc) is 3.66. The predicted molar refractivity (Wildman–Crippen MR) is 250 cm³/mol. The fourth-order valence-electron chi connectivity index (χ4n) is 10.3. The van der Waals surface area contributed by atoms with Gasteiger partial charge in [-0.05, 0) is 131 Å². The molecule has 0 spiro atoms. The minimum atomic E-state index is -0.154. The highest BCUT2D eigenvalue weighted by Crippen LogP contribution is 2.56. The van der Waals surface area contributed by atoms with Crippen molar-refractivity contribution in [3.05, 3.63) is 222 Å². The SMILES string of the molecule is CC1(C)c2ccccc2-c2ccc(N(c3ccc(-c4ccccc4)cc3)c3ccc(-c4cccc5c4-c4cc(-c6ccccc6)c6ccccc6c4C5(C)C)cc3)cc21. The predicted octanol–water partition coefficient (Wildman–Crippen LogP) is 15.9. The maximum Gasteiger partial charge on any atom is 0.0465 e. The van der Waals surface area contributed by atoms with Gasteiger partial charge in [-0.2, -0.15) is 0 Å². The van der Waals surface area contributed by atoms with E-state index in [0.29, 0.717) is 0 Å². The molecule has 0 unspecified atom stereocenters. The Morgan fingerprint density at radius 3 is 1.53 bits per heavy atom. The number of rotatable bonds is 6. The van der Waals surface area contributed by atoms with Crippen molar-refractivity contribution in [2.45, 2.75) is 38.5 Å². The Morgan fingerprint density at radius 2 is 0.814 bits per heavy atom. The van der Waals surface area contributed by atoms with E-state index in [1.54, 1.807) is 0 Å². The molecule has 0 bridgehead atoms. The summed E-state index contributed by atoms with van der Waals surface area (Å²) in [7, 11) is 0. The van der Waals surface area contributed by atoms with Crippen LogP contribution in [0.25, 0.3) is 66.4 Å². The minimum absolute atomic E-state index is 0.0991. The molecule has 282 valence electrons. The minimum Gasteiger partial charge on any atom is -0.310 e. The lowest BCUT2D eigenvalue weighted by Crippen LogP contribution is -2.16. The van der Waals surface area contributed by atoms with E-state index in [2.05, 4.69) is 233 Å². The van der Waals surface area contributed by atoms with E-state index in [1.807, 2.05) is 0 Å². The van der Waals surface area contributed by atoms with Crippen LogP contribution < -0.4 is 4.90 Å². The van der Waals surface area contributed by atoms with Crippen LogP contribution in [0.15, 0.2) is 200 Å². The molecular formula is C58H45N. The zero-order valence-corrected chi connectivity index (χ0v) is 34.0. The largest absolute Gasteiger partial charge is 0.310 e. The van der Waals surface area contributed by atoms with Crippen molar-refractivity contribution in [1.29, 1.82) is 0 Å². The molecule has 59 heavy (non-hydrogen) atoms. The zero-order valence-electron chi connectivity index (χ0n) is 34.0. The Bertz CT molecular complexity index is 3060. The van der Waals surface area contributed by atoms with E-state index in [4.69, 9.17) is 0 Å². The number of anilines is 3. The highest BCUT2D eigenvalue weighted by Gasteiger charge is 2.39. The highest BCUT2D eigenvalue weighted by molar-refractivity contribution is 6.08. The molecule has 1 nitrogen and oxygen atoms in total.